The molecule has 0 aromatic heterocycles. The van der Waals surface area contributed by atoms with Gasteiger partial charge in [0, 0.05) is 49.3 Å². The number of ether oxygens (including phenoxy) is 1. The molecule has 40 heavy (non-hydrogen) atoms. The fourth-order valence-electron chi connectivity index (χ4n) is 6.24. The fourth-order valence-corrected chi connectivity index (χ4v) is 7.61. The van der Waals surface area contributed by atoms with E-state index in [1.165, 1.54) is 6.04 Å². The van der Waals surface area contributed by atoms with Gasteiger partial charge in [0.25, 0.3) is 0 Å². The van der Waals surface area contributed by atoms with E-state index < -0.39 is 31.4 Å². The third kappa shape index (κ3) is 6.03. The molecule has 3 aliphatic rings. The molecule has 1 saturated heterocycles. The number of halogens is 2. The molecule has 216 valence electrons. The van der Waals surface area contributed by atoms with E-state index in [1.807, 2.05) is 36.4 Å². The second-order valence-corrected chi connectivity index (χ2v) is 19.6. The number of fused-ring (bicyclic) bond motifs is 2. The van der Waals surface area contributed by atoms with E-state index in [4.69, 9.17) is 22.1 Å². The standard InChI is InChI=1S/C24H23BrClN3O3.C6H16OSi/c1-23(7-8-23)21-24(16-6-5-14(25)10-18(16)28-22(24)32)17(13-3-2-4-15(26)9-13)11-20(31)29(21)12-19(27)30;1-7-5-6-8(2,3)4/h2-6,9-10,17,21H,7-8,11-12H2,1H3,(H2,27,30)(H,28,32);5-6H2,1-4H3/t17-,21+,24-;/m1./s1. The number of amides is 3. The van der Waals surface area contributed by atoms with Crippen molar-refractivity contribution >= 4 is 59.0 Å². The molecule has 1 aliphatic carbocycles. The number of rotatable bonds is 7. The largest absolute Gasteiger partial charge is 0.385 e. The van der Waals surface area contributed by atoms with Gasteiger partial charge in [0.15, 0.2) is 0 Å². The highest BCUT2D eigenvalue weighted by Crippen LogP contribution is 2.64. The van der Waals surface area contributed by atoms with Crippen LogP contribution in [0.25, 0.3) is 0 Å². The zero-order chi connectivity index (χ0) is 29.5. The van der Waals surface area contributed by atoms with E-state index in [0.717, 1.165) is 40.7 Å². The third-order valence-corrected chi connectivity index (χ3v) is 10.8. The summed E-state index contributed by atoms with van der Waals surface area (Å²) in [7, 11) is 0.961. The molecule has 3 amide bonds. The minimum Gasteiger partial charge on any atom is -0.385 e. The highest BCUT2D eigenvalue weighted by molar-refractivity contribution is 9.10. The van der Waals surface area contributed by atoms with E-state index >= 15 is 0 Å². The van der Waals surface area contributed by atoms with Crippen molar-refractivity contribution < 1.29 is 19.1 Å². The van der Waals surface area contributed by atoms with Crippen LogP contribution in [0.5, 0.6) is 0 Å². The zero-order valence-electron chi connectivity index (χ0n) is 23.9. The predicted octanol–water partition coefficient (Wildman–Crippen LogP) is 5.93. The van der Waals surface area contributed by atoms with Gasteiger partial charge in [-0.1, -0.05) is 72.3 Å². The molecular formula is C30H39BrClN3O4Si. The number of anilines is 1. The smallest absolute Gasteiger partial charge is 0.237 e. The first-order valence-electron chi connectivity index (χ1n) is 13.7. The minimum atomic E-state index is -1.06. The van der Waals surface area contributed by atoms with Crippen LogP contribution in [0.3, 0.4) is 0 Å². The van der Waals surface area contributed by atoms with E-state index in [0.29, 0.717) is 5.02 Å². The van der Waals surface area contributed by atoms with Gasteiger partial charge in [-0.15, -0.1) is 0 Å². The molecule has 7 nitrogen and oxygen atoms in total. The number of benzene rings is 2. The third-order valence-electron chi connectivity index (χ3n) is 8.38. The van der Waals surface area contributed by atoms with Crippen LogP contribution in [-0.4, -0.2) is 57.0 Å². The zero-order valence-corrected chi connectivity index (χ0v) is 27.2. The Morgan fingerprint density at radius 1 is 1.20 bits per heavy atom. The molecule has 3 N–H and O–H groups in total. The van der Waals surface area contributed by atoms with Gasteiger partial charge in [0.05, 0.1) is 12.6 Å². The van der Waals surface area contributed by atoms with Crippen LogP contribution in [0.1, 0.15) is 43.2 Å². The molecule has 0 bridgehead atoms. The molecule has 1 saturated carbocycles. The van der Waals surface area contributed by atoms with Crippen molar-refractivity contribution in [1.82, 2.24) is 4.90 Å². The first-order chi connectivity index (χ1) is 18.7. The maximum Gasteiger partial charge on any atom is 0.237 e. The summed E-state index contributed by atoms with van der Waals surface area (Å²) in [5.74, 6) is -1.34. The SMILES string of the molecule is CC1([C@@H]2N(CC(N)=O)C(=O)C[C@H](c3cccc(Cl)c3)[C@@]23C(=O)Nc2cc(Br)ccc23)CC1.COCC[Si](C)(C)C. The highest BCUT2D eigenvalue weighted by atomic mass is 79.9. The maximum atomic E-state index is 14.0. The number of nitrogens with two attached hydrogens (primary N) is 1. The average molecular weight is 649 g/mol. The Hall–Kier alpha value is -2.20. The molecule has 5 rings (SSSR count). The lowest BCUT2D eigenvalue weighted by molar-refractivity contribution is -0.151. The van der Waals surface area contributed by atoms with Crippen LogP contribution < -0.4 is 11.1 Å². The number of piperidine rings is 1. The number of nitrogens with one attached hydrogen (secondary N) is 1. The number of nitrogens with zero attached hydrogens (tertiary/aromatic N) is 1. The van der Waals surface area contributed by atoms with Crippen molar-refractivity contribution in [2.45, 2.75) is 69.2 Å². The molecule has 3 atom stereocenters. The number of carbonyl (C=O) groups excluding carboxylic acids is 3. The summed E-state index contributed by atoms with van der Waals surface area (Å²) in [6.45, 7) is 9.88. The van der Waals surface area contributed by atoms with Crippen molar-refractivity contribution in [3.63, 3.8) is 0 Å². The lowest BCUT2D eigenvalue weighted by Gasteiger charge is -2.53. The Bertz CT molecular complexity index is 1310. The molecule has 2 fully saturated rings. The lowest BCUT2D eigenvalue weighted by Crippen LogP contribution is -2.67. The van der Waals surface area contributed by atoms with Crippen molar-refractivity contribution in [2.24, 2.45) is 11.1 Å². The summed E-state index contributed by atoms with van der Waals surface area (Å²) in [5.41, 5.74) is 6.60. The number of likely N-dealkylation sites (tertiary alicyclic amines) is 1. The quantitative estimate of drug-likeness (QED) is 0.363. The van der Waals surface area contributed by atoms with Gasteiger partial charge >= 0.3 is 0 Å². The number of methoxy groups -OCH3 is 1. The molecule has 0 radical (unpaired) electrons. The molecule has 2 aromatic rings. The van der Waals surface area contributed by atoms with Crippen molar-refractivity contribution in [3.05, 3.63) is 63.1 Å². The Balaban J connectivity index is 0.000000406. The molecule has 1 spiro atoms. The molecule has 2 aliphatic heterocycles. The van der Waals surface area contributed by atoms with Gasteiger partial charge < -0.3 is 20.7 Å². The van der Waals surface area contributed by atoms with Crippen LogP contribution in [-0.2, 0) is 24.5 Å². The predicted molar refractivity (Wildman–Crippen MR) is 165 cm³/mol. The monoisotopic (exact) mass is 647 g/mol. The van der Waals surface area contributed by atoms with Gasteiger partial charge in [-0.05, 0) is 59.7 Å². The van der Waals surface area contributed by atoms with Crippen molar-refractivity contribution in [1.29, 1.82) is 0 Å². The Morgan fingerprint density at radius 2 is 1.90 bits per heavy atom. The second-order valence-electron chi connectivity index (χ2n) is 12.7. The average Bonchev–Trinajstić information content (AvgIpc) is 3.54. The minimum absolute atomic E-state index is 0.0864. The summed E-state index contributed by atoms with van der Waals surface area (Å²) in [6.07, 6.45) is 1.82. The van der Waals surface area contributed by atoms with Crippen molar-refractivity contribution in [3.8, 4) is 0 Å². The van der Waals surface area contributed by atoms with E-state index in [-0.39, 0.29) is 30.2 Å². The maximum absolute atomic E-state index is 14.0. The van der Waals surface area contributed by atoms with Crippen LogP contribution in [0.4, 0.5) is 5.69 Å². The number of primary amides is 1. The van der Waals surface area contributed by atoms with E-state index in [9.17, 15) is 14.4 Å². The van der Waals surface area contributed by atoms with Crippen LogP contribution in [0.2, 0.25) is 30.7 Å². The fraction of sp³-hybridized carbons (Fsp3) is 0.500. The van der Waals surface area contributed by atoms with Crippen LogP contribution >= 0.6 is 27.5 Å². The van der Waals surface area contributed by atoms with E-state index in [1.54, 1.807) is 18.1 Å². The first kappa shape index (κ1) is 30.7. The first-order valence-corrected chi connectivity index (χ1v) is 18.5. The summed E-state index contributed by atoms with van der Waals surface area (Å²) < 4.78 is 5.80. The normalized spacial score (nSPS) is 24.7. The summed E-state index contributed by atoms with van der Waals surface area (Å²) in [4.78, 5) is 41.0. The summed E-state index contributed by atoms with van der Waals surface area (Å²) in [5, 5.41) is 3.62. The van der Waals surface area contributed by atoms with Gasteiger partial charge in [0.2, 0.25) is 17.7 Å². The number of carbonyl (C=O) groups is 3. The Kier molecular flexibility index (Phi) is 8.91. The van der Waals surface area contributed by atoms with E-state index in [2.05, 4.69) is 47.8 Å². The molecular weight excluding hydrogens is 610 g/mol. The molecule has 0 unspecified atom stereocenters. The second kappa shape index (κ2) is 11.6. The Morgan fingerprint density at radius 3 is 2.45 bits per heavy atom. The highest BCUT2D eigenvalue weighted by Gasteiger charge is 2.69. The van der Waals surface area contributed by atoms with Gasteiger partial charge in [-0.2, -0.15) is 0 Å². The number of hydrogen-bond donors (Lipinski definition) is 2. The van der Waals surface area contributed by atoms with Crippen molar-refractivity contribution in [2.75, 3.05) is 25.6 Å². The topological polar surface area (TPSA) is 102 Å². The van der Waals surface area contributed by atoms with Crippen LogP contribution in [0, 0.1) is 5.41 Å². The van der Waals surface area contributed by atoms with Crippen LogP contribution in [0.15, 0.2) is 46.9 Å². The van der Waals surface area contributed by atoms with Gasteiger partial charge in [0.1, 0.15) is 5.41 Å². The molecule has 2 heterocycles. The summed E-state index contributed by atoms with van der Waals surface area (Å²) in [6, 6.07) is 13.9. The van der Waals surface area contributed by atoms with Gasteiger partial charge in [-0.25, -0.2) is 0 Å². The summed E-state index contributed by atoms with van der Waals surface area (Å²) >= 11 is 9.82. The number of hydrogen-bond acceptors (Lipinski definition) is 4. The Labute approximate surface area is 251 Å². The lowest BCUT2D eigenvalue weighted by atomic mass is 9.56. The van der Waals surface area contributed by atoms with Gasteiger partial charge in [-0.3, -0.25) is 14.4 Å². The molecule has 2 aromatic carbocycles. The molecule has 10 heteroatoms.